The number of nitrogens with zero attached hydrogens (tertiary/aromatic N) is 1. The lowest BCUT2D eigenvalue weighted by atomic mass is 10.1. The van der Waals surface area contributed by atoms with Crippen molar-refractivity contribution in [1.82, 2.24) is 4.98 Å². The summed E-state index contributed by atoms with van der Waals surface area (Å²) in [5, 5.41) is 5.93. The Balaban J connectivity index is 2.06. The normalized spacial score (nSPS) is 10.1. The number of carbonyl (C=O) groups excluding carboxylic acids is 2. The monoisotopic (exact) mass is 327 g/mol. The van der Waals surface area contributed by atoms with Crippen molar-refractivity contribution in [3.05, 3.63) is 53.9 Å². The lowest BCUT2D eigenvalue weighted by Gasteiger charge is -2.10. The Morgan fingerprint density at radius 1 is 1.17 bits per heavy atom. The minimum Gasteiger partial charge on any atom is -0.465 e. The number of amides is 1. The van der Waals surface area contributed by atoms with Gasteiger partial charge in [0, 0.05) is 6.54 Å². The molecule has 0 fully saturated rings. The van der Waals surface area contributed by atoms with Gasteiger partial charge >= 0.3 is 5.97 Å². The fraction of sp³-hybridized carbons (Fsp3) is 0.278. The number of methoxy groups -OCH3 is 1. The third-order valence-electron chi connectivity index (χ3n) is 3.44. The number of aromatic nitrogens is 1. The molecule has 2 N–H and O–H groups in total. The van der Waals surface area contributed by atoms with Crippen molar-refractivity contribution >= 4 is 23.3 Å². The van der Waals surface area contributed by atoms with Gasteiger partial charge in [-0.25, -0.2) is 9.78 Å². The van der Waals surface area contributed by atoms with Crippen LogP contribution in [0.25, 0.3) is 0 Å². The molecule has 6 nitrogen and oxygen atoms in total. The number of benzene rings is 1. The Morgan fingerprint density at radius 3 is 2.62 bits per heavy atom. The van der Waals surface area contributed by atoms with Crippen LogP contribution in [0.4, 0.5) is 11.4 Å². The van der Waals surface area contributed by atoms with Crippen LogP contribution in [-0.4, -0.2) is 30.5 Å². The zero-order valence-electron chi connectivity index (χ0n) is 13.8. The van der Waals surface area contributed by atoms with E-state index in [-0.39, 0.29) is 11.6 Å². The number of esters is 1. The Kier molecular flexibility index (Phi) is 6.31. The molecule has 0 saturated carbocycles. The van der Waals surface area contributed by atoms with Gasteiger partial charge in [-0.3, -0.25) is 4.79 Å². The Hall–Kier alpha value is -2.89. The van der Waals surface area contributed by atoms with Crippen molar-refractivity contribution in [3.8, 4) is 0 Å². The van der Waals surface area contributed by atoms with Gasteiger partial charge in [0.2, 0.25) is 0 Å². The molecule has 6 heteroatoms. The van der Waals surface area contributed by atoms with Crippen molar-refractivity contribution in [2.24, 2.45) is 0 Å². The van der Waals surface area contributed by atoms with Crippen LogP contribution in [0.1, 0.15) is 40.6 Å². The number of hydrogen-bond donors (Lipinski definition) is 2. The first-order valence-electron chi connectivity index (χ1n) is 7.84. The van der Waals surface area contributed by atoms with Gasteiger partial charge in [0.05, 0.1) is 30.2 Å². The van der Waals surface area contributed by atoms with Crippen LogP contribution in [0.2, 0.25) is 0 Å². The molecule has 0 atom stereocenters. The number of carbonyl (C=O) groups is 2. The zero-order chi connectivity index (χ0) is 17.4. The van der Waals surface area contributed by atoms with E-state index < -0.39 is 5.97 Å². The zero-order valence-corrected chi connectivity index (χ0v) is 13.8. The van der Waals surface area contributed by atoms with Crippen molar-refractivity contribution in [2.45, 2.75) is 19.8 Å². The minimum atomic E-state index is -0.505. The predicted molar refractivity (Wildman–Crippen MR) is 93.4 cm³/mol. The molecule has 2 aromatic rings. The number of para-hydroxylation sites is 1. The third-order valence-corrected chi connectivity index (χ3v) is 3.44. The van der Waals surface area contributed by atoms with Crippen LogP contribution in [0.15, 0.2) is 42.6 Å². The molecule has 0 aliphatic rings. The van der Waals surface area contributed by atoms with E-state index in [4.69, 9.17) is 4.74 Å². The maximum Gasteiger partial charge on any atom is 0.339 e. The van der Waals surface area contributed by atoms with Crippen molar-refractivity contribution in [1.29, 1.82) is 0 Å². The lowest BCUT2D eigenvalue weighted by molar-refractivity contribution is 0.0602. The van der Waals surface area contributed by atoms with Crippen molar-refractivity contribution in [2.75, 3.05) is 24.3 Å². The maximum absolute atomic E-state index is 12.3. The highest BCUT2D eigenvalue weighted by molar-refractivity contribution is 6.07. The molecule has 0 saturated heterocycles. The predicted octanol–water partition coefficient (Wildman–Crippen LogP) is 3.33. The van der Waals surface area contributed by atoms with Gasteiger partial charge in [-0.1, -0.05) is 25.5 Å². The molecule has 1 heterocycles. The molecule has 0 spiro atoms. The van der Waals surface area contributed by atoms with E-state index in [1.807, 2.05) is 6.07 Å². The number of nitrogens with one attached hydrogen (secondary N) is 2. The van der Waals surface area contributed by atoms with E-state index in [2.05, 4.69) is 22.5 Å². The smallest absolute Gasteiger partial charge is 0.339 e. The van der Waals surface area contributed by atoms with Crippen LogP contribution in [0, 0.1) is 0 Å². The van der Waals surface area contributed by atoms with Gasteiger partial charge in [0.1, 0.15) is 5.69 Å². The first-order chi connectivity index (χ1) is 11.7. The fourth-order valence-electron chi connectivity index (χ4n) is 2.11. The summed E-state index contributed by atoms with van der Waals surface area (Å²) in [5.74, 6) is -0.888. The van der Waals surface area contributed by atoms with Crippen LogP contribution >= 0.6 is 0 Å². The number of anilines is 2. The van der Waals surface area contributed by atoms with E-state index in [1.165, 1.54) is 7.11 Å². The molecular formula is C18H21N3O3. The molecule has 0 bridgehead atoms. The van der Waals surface area contributed by atoms with Gasteiger partial charge in [0.25, 0.3) is 5.91 Å². The molecule has 0 aliphatic heterocycles. The van der Waals surface area contributed by atoms with Crippen LogP contribution in [0.5, 0.6) is 0 Å². The van der Waals surface area contributed by atoms with Gasteiger partial charge in [-0.2, -0.15) is 0 Å². The summed E-state index contributed by atoms with van der Waals surface area (Å²) in [5.41, 5.74) is 1.83. The van der Waals surface area contributed by atoms with E-state index in [0.29, 0.717) is 11.3 Å². The molecule has 0 unspecified atom stereocenters. The summed E-state index contributed by atoms with van der Waals surface area (Å²) < 4.78 is 4.71. The summed E-state index contributed by atoms with van der Waals surface area (Å²) in [4.78, 5) is 28.2. The number of unbranched alkanes of at least 4 members (excludes halogenated alkanes) is 1. The maximum atomic E-state index is 12.3. The average molecular weight is 327 g/mol. The van der Waals surface area contributed by atoms with E-state index in [0.717, 1.165) is 25.1 Å². The second-order valence-electron chi connectivity index (χ2n) is 5.20. The number of rotatable bonds is 7. The molecule has 24 heavy (non-hydrogen) atoms. The summed E-state index contributed by atoms with van der Waals surface area (Å²) in [7, 11) is 1.30. The summed E-state index contributed by atoms with van der Waals surface area (Å²) in [6.07, 6.45) is 3.81. The summed E-state index contributed by atoms with van der Waals surface area (Å²) in [6, 6.07) is 10.1. The number of hydrogen-bond acceptors (Lipinski definition) is 5. The van der Waals surface area contributed by atoms with Crippen LogP contribution in [0.3, 0.4) is 0 Å². The summed E-state index contributed by atoms with van der Waals surface area (Å²) in [6.45, 7) is 3.00. The minimum absolute atomic E-state index is 0.274. The molecule has 0 radical (unpaired) electrons. The van der Waals surface area contributed by atoms with Crippen LogP contribution in [-0.2, 0) is 4.74 Å². The number of ether oxygens (including phenoxy) is 1. The Labute approximate surface area is 141 Å². The molecule has 126 valence electrons. The van der Waals surface area contributed by atoms with E-state index in [9.17, 15) is 9.59 Å². The standard InChI is InChI=1S/C18H21N3O3/c1-3-4-11-19-13-9-10-16(20-12-13)17(22)21-15-8-6-5-7-14(15)18(23)24-2/h5-10,12,19H,3-4,11H2,1-2H3,(H,21,22). The van der Waals surface area contributed by atoms with E-state index in [1.54, 1.807) is 36.5 Å². The highest BCUT2D eigenvalue weighted by Gasteiger charge is 2.14. The van der Waals surface area contributed by atoms with Gasteiger partial charge in [-0.05, 0) is 30.7 Å². The largest absolute Gasteiger partial charge is 0.465 e. The van der Waals surface area contributed by atoms with E-state index >= 15 is 0 Å². The highest BCUT2D eigenvalue weighted by Crippen LogP contribution is 2.17. The molecular weight excluding hydrogens is 306 g/mol. The fourth-order valence-corrected chi connectivity index (χ4v) is 2.11. The first kappa shape index (κ1) is 17.5. The molecule has 2 rings (SSSR count). The SMILES string of the molecule is CCCCNc1ccc(C(=O)Nc2ccccc2C(=O)OC)nc1. The second kappa shape index (κ2) is 8.67. The van der Waals surface area contributed by atoms with Crippen LogP contribution < -0.4 is 10.6 Å². The van der Waals surface area contributed by atoms with Gasteiger partial charge < -0.3 is 15.4 Å². The number of pyridine rings is 1. The summed E-state index contributed by atoms with van der Waals surface area (Å²) >= 11 is 0. The third kappa shape index (κ3) is 4.55. The first-order valence-corrected chi connectivity index (χ1v) is 7.84. The average Bonchev–Trinajstić information content (AvgIpc) is 2.62. The second-order valence-corrected chi connectivity index (χ2v) is 5.20. The Morgan fingerprint density at radius 2 is 1.96 bits per heavy atom. The van der Waals surface area contributed by atoms with Crippen molar-refractivity contribution in [3.63, 3.8) is 0 Å². The topological polar surface area (TPSA) is 80.3 Å². The quantitative estimate of drug-likeness (QED) is 0.602. The molecule has 1 aromatic heterocycles. The molecule has 1 amide bonds. The molecule has 1 aromatic carbocycles. The Bertz CT molecular complexity index is 699. The van der Waals surface area contributed by atoms with Crippen molar-refractivity contribution < 1.29 is 14.3 Å². The lowest BCUT2D eigenvalue weighted by Crippen LogP contribution is -2.16. The van der Waals surface area contributed by atoms with Gasteiger partial charge in [0.15, 0.2) is 0 Å². The highest BCUT2D eigenvalue weighted by atomic mass is 16.5. The van der Waals surface area contributed by atoms with Gasteiger partial charge in [-0.15, -0.1) is 0 Å². The molecule has 0 aliphatic carbocycles.